The summed E-state index contributed by atoms with van der Waals surface area (Å²) in [6.07, 6.45) is 1.35. The molecule has 3 aromatic rings. The maximum Gasteiger partial charge on any atom is 0.339 e. The second kappa shape index (κ2) is 10.9. The molecule has 0 saturated carbocycles. The molecule has 0 aliphatic carbocycles. The van der Waals surface area contributed by atoms with E-state index < -0.39 is 20.9 Å². The summed E-state index contributed by atoms with van der Waals surface area (Å²) in [5.41, 5.74) is 3.09. The third-order valence-corrected chi connectivity index (χ3v) is 6.74. The summed E-state index contributed by atoms with van der Waals surface area (Å²) in [6, 6.07) is 14.2. The maximum atomic E-state index is 12.7. The van der Waals surface area contributed by atoms with E-state index in [0.29, 0.717) is 11.1 Å². The Bertz CT molecular complexity index is 1380. The van der Waals surface area contributed by atoms with E-state index in [4.69, 9.17) is 8.92 Å². The molecule has 10 nitrogen and oxygen atoms in total. The van der Waals surface area contributed by atoms with Crippen molar-refractivity contribution in [3.63, 3.8) is 0 Å². The fourth-order valence-corrected chi connectivity index (χ4v) is 4.80. The Balaban J connectivity index is 1.79. The molecule has 0 aromatic heterocycles. The van der Waals surface area contributed by atoms with Gasteiger partial charge in [0.15, 0.2) is 11.5 Å². The Labute approximate surface area is 216 Å². The van der Waals surface area contributed by atoms with Crippen molar-refractivity contribution in [2.45, 2.75) is 4.90 Å². The molecule has 0 bridgehead atoms. The van der Waals surface area contributed by atoms with Crippen LogP contribution in [0.25, 0.3) is 0 Å². The van der Waals surface area contributed by atoms with Gasteiger partial charge in [-0.1, -0.05) is 6.07 Å². The second-order valence-electron chi connectivity index (χ2n) is 6.53. The zero-order chi connectivity index (χ0) is 24.9. The van der Waals surface area contributed by atoms with Gasteiger partial charge < -0.3 is 8.92 Å². The first-order chi connectivity index (χ1) is 16.1. The molecule has 0 aliphatic rings. The first-order valence-electron chi connectivity index (χ1n) is 9.26. The summed E-state index contributed by atoms with van der Waals surface area (Å²) in [4.78, 5) is 22.1. The van der Waals surface area contributed by atoms with Crippen molar-refractivity contribution in [2.24, 2.45) is 5.10 Å². The molecule has 0 saturated heterocycles. The lowest BCUT2D eigenvalue weighted by atomic mass is 10.2. The molecule has 0 atom stereocenters. The SMILES string of the molecule is COc1cc(/C=N\NC(=O)c2cccc(I)c2)cc(Br)c1OS(=O)(=O)c1ccc([N+](=O)[O-])cc1. The predicted octanol–water partition coefficient (Wildman–Crippen LogP) is 4.50. The molecular formula is C21H15BrIN3O7S. The van der Waals surface area contributed by atoms with Crippen molar-refractivity contribution < 1.29 is 27.1 Å². The van der Waals surface area contributed by atoms with Crippen LogP contribution in [-0.4, -0.2) is 32.6 Å². The van der Waals surface area contributed by atoms with Crippen LogP contribution in [0, 0.1) is 13.7 Å². The summed E-state index contributed by atoms with van der Waals surface area (Å²) < 4.78 is 36.9. The van der Waals surface area contributed by atoms with Gasteiger partial charge in [-0.2, -0.15) is 13.5 Å². The number of carbonyl (C=O) groups excluding carboxylic acids is 1. The number of amides is 1. The summed E-state index contributed by atoms with van der Waals surface area (Å²) in [6.45, 7) is 0. The topological polar surface area (TPSA) is 137 Å². The summed E-state index contributed by atoms with van der Waals surface area (Å²) in [7, 11) is -2.98. The van der Waals surface area contributed by atoms with Crippen LogP contribution in [0.4, 0.5) is 5.69 Å². The number of nitrogens with one attached hydrogen (secondary N) is 1. The first-order valence-corrected chi connectivity index (χ1v) is 12.5. The zero-order valence-electron chi connectivity index (χ0n) is 17.3. The van der Waals surface area contributed by atoms with E-state index in [1.807, 2.05) is 6.07 Å². The third-order valence-electron chi connectivity index (χ3n) is 4.25. The van der Waals surface area contributed by atoms with Crippen molar-refractivity contribution in [1.82, 2.24) is 5.43 Å². The van der Waals surface area contributed by atoms with E-state index in [1.54, 1.807) is 18.2 Å². The Morgan fingerprint density at radius 1 is 1.18 bits per heavy atom. The zero-order valence-corrected chi connectivity index (χ0v) is 21.8. The quantitative estimate of drug-likeness (QED) is 0.124. The molecule has 13 heteroatoms. The van der Waals surface area contributed by atoms with Gasteiger partial charge in [-0.05, 0) is 86.5 Å². The number of benzene rings is 3. The molecule has 0 fully saturated rings. The number of nitro groups is 1. The number of non-ortho nitro benzene ring substituents is 1. The van der Waals surface area contributed by atoms with Gasteiger partial charge in [0.25, 0.3) is 11.6 Å². The predicted molar refractivity (Wildman–Crippen MR) is 136 cm³/mol. The van der Waals surface area contributed by atoms with Crippen molar-refractivity contribution in [3.8, 4) is 11.5 Å². The van der Waals surface area contributed by atoms with Crippen LogP contribution >= 0.6 is 38.5 Å². The number of hydrogen-bond acceptors (Lipinski definition) is 8. The Morgan fingerprint density at radius 2 is 1.88 bits per heavy atom. The average molecular weight is 660 g/mol. The minimum atomic E-state index is -4.31. The molecule has 1 amide bonds. The standard InChI is InChI=1S/C21H15BrIN3O7S/c1-32-19-10-13(12-24-25-21(27)14-3-2-4-15(23)11-14)9-18(22)20(19)33-34(30,31)17-7-5-16(6-8-17)26(28)29/h2-12H,1H3,(H,25,27)/b24-12-. The number of methoxy groups -OCH3 is 1. The minimum absolute atomic E-state index is 0.0743. The molecule has 176 valence electrons. The van der Waals surface area contributed by atoms with Gasteiger partial charge in [0.05, 0.1) is 22.7 Å². The van der Waals surface area contributed by atoms with Crippen LogP contribution in [0.5, 0.6) is 11.5 Å². The first kappa shape index (κ1) is 25.6. The molecular weight excluding hydrogens is 645 g/mol. The smallest absolute Gasteiger partial charge is 0.339 e. The Morgan fingerprint density at radius 3 is 2.50 bits per heavy atom. The van der Waals surface area contributed by atoms with E-state index in [2.05, 4.69) is 49.0 Å². The second-order valence-corrected chi connectivity index (χ2v) is 10.2. The monoisotopic (exact) mass is 659 g/mol. The number of carbonyl (C=O) groups is 1. The molecule has 0 unspecified atom stereocenters. The lowest BCUT2D eigenvalue weighted by molar-refractivity contribution is -0.384. The van der Waals surface area contributed by atoms with Crippen LogP contribution in [0.15, 0.2) is 75.1 Å². The highest BCUT2D eigenvalue weighted by Crippen LogP contribution is 2.38. The van der Waals surface area contributed by atoms with E-state index in [1.165, 1.54) is 25.5 Å². The number of rotatable bonds is 8. The molecule has 0 spiro atoms. The highest BCUT2D eigenvalue weighted by Gasteiger charge is 2.23. The number of nitro benzene ring substituents is 1. The highest BCUT2D eigenvalue weighted by molar-refractivity contribution is 14.1. The maximum absolute atomic E-state index is 12.7. The Kier molecular flexibility index (Phi) is 8.22. The third kappa shape index (κ3) is 6.30. The molecule has 1 N–H and O–H groups in total. The van der Waals surface area contributed by atoms with Crippen molar-refractivity contribution in [2.75, 3.05) is 7.11 Å². The fraction of sp³-hybridized carbons (Fsp3) is 0.0476. The van der Waals surface area contributed by atoms with E-state index in [-0.39, 0.29) is 26.6 Å². The van der Waals surface area contributed by atoms with E-state index in [0.717, 1.165) is 27.8 Å². The summed E-state index contributed by atoms with van der Waals surface area (Å²) in [5.74, 6) is -0.443. The lowest BCUT2D eigenvalue weighted by Gasteiger charge is -2.13. The van der Waals surface area contributed by atoms with Crippen molar-refractivity contribution in [3.05, 3.63) is 89.9 Å². The summed E-state index contributed by atoms with van der Waals surface area (Å²) >= 11 is 5.35. The van der Waals surface area contributed by atoms with Crippen molar-refractivity contribution in [1.29, 1.82) is 0 Å². The van der Waals surface area contributed by atoms with Gasteiger partial charge in [0.2, 0.25) is 0 Å². The summed E-state index contributed by atoms with van der Waals surface area (Å²) in [5, 5.41) is 14.7. The number of hydrogen-bond donors (Lipinski definition) is 1. The van der Waals surface area contributed by atoms with Crippen LogP contribution in [0.1, 0.15) is 15.9 Å². The van der Waals surface area contributed by atoms with Gasteiger partial charge in [-0.3, -0.25) is 14.9 Å². The normalized spacial score (nSPS) is 11.3. The number of nitrogens with zero attached hydrogens (tertiary/aromatic N) is 2. The van der Waals surface area contributed by atoms with E-state index >= 15 is 0 Å². The van der Waals surface area contributed by atoms with Gasteiger partial charge >= 0.3 is 10.1 Å². The van der Waals surface area contributed by atoms with Crippen molar-refractivity contribution >= 4 is 66.4 Å². The van der Waals surface area contributed by atoms with Crippen LogP contribution in [0.2, 0.25) is 0 Å². The van der Waals surface area contributed by atoms with Gasteiger partial charge in [-0.15, -0.1) is 0 Å². The van der Waals surface area contributed by atoms with Gasteiger partial charge in [0, 0.05) is 21.3 Å². The van der Waals surface area contributed by atoms with Gasteiger partial charge in [-0.25, -0.2) is 5.43 Å². The molecule has 0 heterocycles. The minimum Gasteiger partial charge on any atom is -0.493 e. The van der Waals surface area contributed by atoms with Crippen LogP contribution in [-0.2, 0) is 10.1 Å². The van der Waals surface area contributed by atoms with E-state index in [9.17, 15) is 23.3 Å². The Hall–Kier alpha value is -3.04. The number of halogens is 2. The molecule has 3 rings (SSSR count). The molecule has 3 aromatic carbocycles. The molecule has 0 radical (unpaired) electrons. The number of hydrazone groups is 1. The average Bonchev–Trinajstić information content (AvgIpc) is 2.80. The van der Waals surface area contributed by atoms with Crippen LogP contribution < -0.4 is 14.3 Å². The lowest BCUT2D eigenvalue weighted by Crippen LogP contribution is -2.17. The molecule has 0 aliphatic heterocycles. The number of ether oxygens (including phenoxy) is 1. The van der Waals surface area contributed by atoms with Crippen LogP contribution in [0.3, 0.4) is 0 Å². The van der Waals surface area contributed by atoms with Gasteiger partial charge in [0.1, 0.15) is 4.90 Å². The highest BCUT2D eigenvalue weighted by atomic mass is 127. The molecule has 34 heavy (non-hydrogen) atoms. The fourth-order valence-electron chi connectivity index (χ4n) is 2.65. The largest absolute Gasteiger partial charge is 0.493 e.